The first-order chi connectivity index (χ1) is 10.2. The van der Waals surface area contributed by atoms with Crippen LogP contribution in [0, 0.1) is 3.57 Å². The Balaban J connectivity index is 2.12. The lowest BCUT2D eigenvalue weighted by molar-refractivity contribution is 0.292. The highest BCUT2D eigenvalue weighted by molar-refractivity contribution is 14.1. The highest BCUT2D eigenvalue weighted by atomic mass is 127. The van der Waals surface area contributed by atoms with Gasteiger partial charge in [-0.05, 0) is 58.8 Å². The summed E-state index contributed by atoms with van der Waals surface area (Å²) in [7, 11) is 1.68. The molecule has 4 heteroatoms. The first kappa shape index (κ1) is 15.9. The predicted molar refractivity (Wildman–Crippen MR) is 95.3 cm³/mol. The Kier molecular flexibility index (Phi) is 6.17. The zero-order valence-electron chi connectivity index (χ0n) is 12.4. The SMILES string of the molecule is CCCOc1c(I)cc(CNc2ccccc2)cc1OC. The number of ether oxygens (including phenoxy) is 2. The summed E-state index contributed by atoms with van der Waals surface area (Å²) in [4.78, 5) is 0. The summed E-state index contributed by atoms with van der Waals surface area (Å²) in [5, 5.41) is 3.40. The van der Waals surface area contributed by atoms with Crippen LogP contribution in [0.1, 0.15) is 18.9 Å². The maximum Gasteiger partial charge on any atom is 0.174 e. The minimum atomic E-state index is 0.702. The molecule has 1 N–H and O–H groups in total. The predicted octanol–water partition coefficient (Wildman–Crippen LogP) is 4.70. The Hall–Kier alpha value is -1.43. The van der Waals surface area contributed by atoms with Crippen molar-refractivity contribution in [3.05, 3.63) is 51.6 Å². The fourth-order valence-corrected chi connectivity index (χ4v) is 2.80. The number of para-hydroxylation sites is 1. The van der Waals surface area contributed by atoms with Gasteiger partial charge in [0, 0.05) is 12.2 Å². The maximum absolute atomic E-state index is 5.77. The number of nitrogens with one attached hydrogen (secondary N) is 1. The zero-order valence-corrected chi connectivity index (χ0v) is 14.5. The van der Waals surface area contributed by atoms with Crippen LogP contribution in [0.4, 0.5) is 5.69 Å². The third-order valence-corrected chi connectivity index (χ3v) is 3.81. The molecule has 0 fully saturated rings. The van der Waals surface area contributed by atoms with Crippen LogP contribution in [0.15, 0.2) is 42.5 Å². The van der Waals surface area contributed by atoms with Crippen molar-refractivity contribution in [2.45, 2.75) is 19.9 Å². The number of hydrogen-bond donors (Lipinski definition) is 1. The number of rotatable bonds is 7. The maximum atomic E-state index is 5.77. The summed E-state index contributed by atoms with van der Waals surface area (Å²) in [6.07, 6.45) is 0.983. The summed E-state index contributed by atoms with van der Waals surface area (Å²) in [5.74, 6) is 1.63. The second-order valence-corrected chi connectivity index (χ2v) is 5.84. The van der Waals surface area contributed by atoms with Crippen LogP contribution >= 0.6 is 22.6 Å². The normalized spacial score (nSPS) is 10.2. The van der Waals surface area contributed by atoms with Crippen LogP contribution in [0.25, 0.3) is 0 Å². The molecule has 0 aliphatic carbocycles. The molecule has 0 radical (unpaired) electrons. The first-order valence-electron chi connectivity index (χ1n) is 7.02. The largest absolute Gasteiger partial charge is 0.493 e. The van der Waals surface area contributed by atoms with Gasteiger partial charge in [-0.2, -0.15) is 0 Å². The second kappa shape index (κ2) is 8.12. The van der Waals surface area contributed by atoms with Crippen molar-refractivity contribution in [2.24, 2.45) is 0 Å². The molecule has 112 valence electrons. The summed E-state index contributed by atoms with van der Waals surface area (Å²) >= 11 is 2.30. The van der Waals surface area contributed by atoms with Crippen LogP contribution in [-0.4, -0.2) is 13.7 Å². The van der Waals surface area contributed by atoms with E-state index >= 15 is 0 Å². The minimum absolute atomic E-state index is 0.702. The molecule has 2 rings (SSSR count). The zero-order chi connectivity index (χ0) is 15.1. The fourth-order valence-electron chi connectivity index (χ4n) is 1.98. The highest BCUT2D eigenvalue weighted by Gasteiger charge is 2.11. The second-order valence-electron chi connectivity index (χ2n) is 4.68. The van der Waals surface area contributed by atoms with E-state index in [0.717, 1.165) is 33.7 Å². The van der Waals surface area contributed by atoms with Crippen LogP contribution in [0.2, 0.25) is 0 Å². The van der Waals surface area contributed by atoms with Gasteiger partial charge in [0.05, 0.1) is 17.3 Å². The fraction of sp³-hybridized carbons (Fsp3) is 0.294. The van der Waals surface area contributed by atoms with E-state index in [-0.39, 0.29) is 0 Å². The number of hydrogen-bond acceptors (Lipinski definition) is 3. The van der Waals surface area contributed by atoms with Gasteiger partial charge in [-0.25, -0.2) is 0 Å². The van der Waals surface area contributed by atoms with Gasteiger partial charge >= 0.3 is 0 Å². The average Bonchev–Trinajstić information content (AvgIpc) is 2.52. The molecule has 0 aromatic heterocycles. The molecule has 0 amide bonds. The molecule has 2 aromatic rings. The van der Waals surface area contributed by atoms with Crippen molar-refractivity contribution in [1.29, 1.82) is 0 Å². The first-order valence-corrected chi connectivity index (χ1v) is 8.10. The molecule has 0 heterocycles. The Bertz CT molecular complexity index is 573. The van der Waals surface area contributed by atoms with Gasteiger partial charge in [-0.15, -0.1) is 0 Å². The van der Waals surface area contributed by atoms with Crippen LogP contribution < -0.4 is 14.8 Å². The summed E-state index contributed by atoms with van der Waals surface area (Å²) in [5.41, 5.74) is 2.28. The Morgan fingerprint density at radius 1 is 1.14 bits per heavy atom. The van der Waals surface area contributed by atoms with E-state index in [4.69, 9.17) is 9.47 Å². The van der Waals surface area contributed by atoms with Gasteiger partial charge in [0.15, 0.2) is 11.5 Å². The molecule has 3 nitrogen and oxygen atoms in total. The highest BCUT2D eigenvalue weighted by Crippen LogP contribution is 2.34. The number of methoxy groups -OCH3 is 1. The molecule has 0 saturated carbocycles. The van der Waals surface area contributed by atoms with Gasteiger partial charge < -0.3 is 14.8 Å². The summed E-state index contributed by atoms with van der Waals surface area (Å²) in [6, 6.07) is 14.3. The molecule has 0 saturated heterocycles. The molecular formula is C17H20INO2. The quantitative estimate of drug-likeness (QED) is 0.687. The van der Waals surface area contributed by atoms with E-state index in [2.05, 4.69) is 53.0 Å². The lowest BCUT2D eigenvalue weighted by Crippen LogP contribution is -2.03. The van der Waals surface area contributed by atoms with Crippen LogP contribution in [-0.2, 0) is 6.54 Å². The third kappa shape index (κ3) is 4.52. The molecule has 0 unspecified atom stereocenters. The van der Waals surface area contributed by atoms with Gasteiger partial charge in [0.25, 0.3) is 0 Å². The minimum Gasteiger partial charge on any atom is -0.493 e. The molecule has 0 spiro atoms. The Labute approximate surface area is 139 Å². The number of halogens is 1. The van der Waals surface area contributed by atoms with Gasteiger partial charge in [-0.3, -0.25) is 0 Å². The van der Waals surface area contributed by atoms with Gasteiger partial charge in [-0.1, -0.05) is 25.1 Å². The van der Waals surface area contributed by atoms with Crippen molar-refractivity contribution in [3.8, 4) is 11.5 Å². The summed E-state index contributed by atoms with van der Waals surface area (Å²) < 4.78 is 12.3. The third-order valence-electron chi connectivity index (χ3n) is 3.01. The van der Waals surface area contributed by atoms with Crippen molar-refractivity contribution in [1.82, 2.24) is 0 Å². The van der Waals surface area contributed by atoms with Gasteiger partial charge in [0.1, 0.15) is 0 Å². The van der Waals surface area contributed by atoms with Crippen molar-refractivity contribution in [3.63, 3.8) is 0 Å². The smallest absolute Gasteiger partial charge is 0.174 e. The van der Waals surface area contributed by atoms with Crippen molar-refractivity contribution in [2.75, 3.05) is 19.0 Å². The molecule has 0 aliphatic rings. The number of benzene rings is 2. The Morgan fingerprint density at radius 3 is 2.57 bits per heavy atom. The molecule has 0 atom stereocenters. The van der Waals surface area contributed by atoms with E-state index in [9.17, 15) is 0 Å². The van der Waals surface area contributed by atoms with E-state index in [1.165, 1.54) is 5.56 Å². The molecular weight excluding hydrogens is 377 g/mol. The van der Waals surface area contributed by atoms with Gasteiger partial charge in [0.2, 0.25) is 0 Å². The van der Waals surface area contributed by atoms with Crippen LogP contribution in [0.5, 0.6) is 11.5 Å². The standard InChI is InChI=1S/C17H20INO2/c1-3-9-21-17-15(18)10-13(11-16(17)20-2)12-19-14-7-5-4-6-8-14/h4-8,10-11,19H,3,9,12H2,1-2H3. The van der Waals surface area contributed by atoms with Crippen molar-refractivity contribution >= 4 is 28.3 Å². The molecule has 2 aromatic carbocycles. The average molecular weight is 397 g/mol. The van der Waals surface area contributed by atoms with E-state index < -0.39 is 0 Å². The topological polar surface area (TPSA) is 30.5 Å². The van der Waals surface area contributed by atoms with Crippen LogP contribution in [0.3, 0.4) is 0 Å². The lowest BCUT2D eigenvalue weighted by atomic mass is 10.2. The molecule has 0 bridgehead atoms. The van der Waals surface area contributed by atoms with Crippen molar-refractivity contribution < 1.29 is 9.47 Å². The molecule has 0 aliphatic heterocycles. The number of anilines is 1. The lowest BCUT2D eigenvalue weighted by Gasteiger charge is -2.14. The van der Waals surface area contributed by atoms with E-state index in [1.54, 1.807) is 7.11 Å². The summed E-state index contributed by atoms with van der Waals surface area (Å²) in [6.45, 7) is 3.55. The van der Waals surface area contributed by atoms with E-state index in [1.807, 2.05) is 24.3 Å². The monoisotopic (exact) mass is 397 g/mol. The molecule has 21 heavy (non-hydrogen) atoms. The Morgan fingerprint density at radius 2 is 1.90 bits per heavy atom. The van der Waals surface area contributed by atoms with E-state index in [0.29, 0.717) is 6.61 Å².